The van der Waals surface area contributed by atoms with Crippen molar-refractivity contribution in [2.75, 3.05) is 12.3 Å². The van der Waals surface area contributed by atoms with Gasteiger partial charge in [-0.05, 0) is 34.1 Å². The zero-order valence-electron chi connectivity index (χ0n) is 12.2. The summed E-state index contributed by atoms with van der Waals surface area (Å²) in [6, 6.07) is 5.41. The number of ether oxygens (including phenoxy) is 1. The van der Waals surface area contributed by atoms with Crippen LogP contribution in [-0.2, 0) is 12.0 Å². The maximum atomic E-state index is 5.90. The van der Waals surface area contributed by atoms with Crippen LogP contribution in [-0.4, -0.2) is 21.6 Å². The fourth-order valence-electron chi connectivity index (χ4n) is 2.09. The van der Waals surface area contributed by atoms with E-state index in [0.717, 1.165) is 15.9 Å². The van der Waals surface area contributed by atoms with Crippen molar-refractivity contribution in [1.29, 1.82) is 0 Å². The molecule has 1 aromatic heterocycles. The van der Waals surface area contributed by atoms with Crippen LogP contribution < -0.4 is 10.5 Å². The fourth-order valence-corrected chi connectivity index (χ4v) is 2.89. The monoisotopic (exact) mass is 372 g/mol. The van der Waals surface area contributed by atoms with Gasteiger partial charge in [0.05, 0.1) is 16.7 Å². The summed E-state index contributed by atoms with van der Waals surface area (Å²) >= 11 is 9.32. The number of hydrogen-bond donors (Lipinski definition) is 1. The summed E-state index contributed by atoms with van der Waals surface area (Å²) in [4.78, 5) is 0. The van der Waals surface area contributed by atoms with Crippen molar-refractivity contribution in [2.45, 2.75) is 32.7 Å². The van der Waals surface area contributed by atoms with Crippen molar-refractivity contribution in [3.63, 3.8) is 0 Å². The Bertz CT molecular complexity index is 636. The molecule has 5 nitrogen and oxygen atoms in total. The number of aromatic nitrogens is 3. The molecule has 0 amide bonds. The number of benzene rings is 1. The Balaban J connectivity index is 2.04. The standard InChI is InChI=1S/C14H18BrClN4O/c1-14(2,3)12-13(17)18-19-20(12)6-7-21-11-5-4-9(16)8-10(11)15/h4-5,8H,6-7,17H2,1-3H3. The maximum Gasteiger partial charge on any atom is 0.169 e. The van der Waals surface area contributed by atoms with Gasteiger partial charge in [0.1, 0.15) is 12.4 Å². The molecule has 0 fully saturated rings. The van der Waals surface area contributed by atoms with Crippen molar-refractivity contribution in [2.24, 2.45) is 0 Å². The van der Waals surface area contributed by atoms with Crippen LogP contribution in [0.2, 0.25) is 5.02 Å². The Labute approximate surface area is 137 Å². The van der Waals surface area contributed by atoms with Crippen LogP contribution in [0.3, 0.4) is 0 Å². The quantitative estimate of drug-likeness (QED) is 0.888. The van der Waals surface area contributed by atoms with Crippen molar-refractivity contribution >= 4 is 33.3 Å². The van der Waals surface area contributed by atoms with E-state index >= 15 is 0 Å². The number of halogens is 2. The molecule has 1 heterocycles. The van der Waals surface area contributed by atoms with Crippen LogP contribution in [0.15, 0.2) is 22.7 Å². The van der Waals surface area contributed by atoms with Crippen LogP contribution in [0.4, 0.5) is 5.82 Å². The minimum absolute atomic E-state index is 0.117. The second kappa shape index (κ2) is 6.23. The summed E-state index contributed by atoms with van der Waals surface area (Å²) in [6.45, 7) is 7.28. The first-order valence-electron chi connectivity index (χ1n) is 6.56. The molecular formula is C14H18BrClN4O. The second-order valence-corrected chi connectivity index (χ2v) is 7.01. The summed E-state index contributed by atoms with van der Waals surface area (Å²) in [5.74, 6) is 1.21. The normalized spacial score (nSPS) is 11.7. The molecule has 0 aliphatic rings. The lowest BCUT2D eigenvalue weighted by molar-refractivity contribution is 0.282. The predicted octanol–water partition coefficient (Wildman–Crippen LogP) is 3.65. The van der Waals surface area contributed by atoms with Gasteiger partial charge in [0.2, 0.25) is 0 Å². The molecule has 0 unspecified atom stereocenters. The lowest BCUT2D eigenvalue weighted by atomic mass is 9.92. The van der Waals surface area contributed by atoms with Gasteiger partial charge in [0.15, 0.2) is 5.82 Å². The van der Waals surface area contributed by atoms with Gasteiger partial charge >= 0.3 is 0 Å². The van der Waals surface area contributed by atoms with Crippen molar-refractivity contribution in [3.8, 4) is 5.75 Å². The van der Waals surface area contributed by atoms with E-state index in [4.69, 9.17) is 22.1 Å². The molecule has 2 N–H and O–H groups in total. The van der Waals surface area contributed by atoms with Gasteiger partial charge in [-0.2, -0.15) is 0 Å². The van der Waals surface area contributed by atoms with Gasteiger partial charge in [-0.25, -0.2) is 4.68 Å². The number of nitrogens with zero attached hydrogens (tertiary/aromatic N) is 3. The third-order valence-electron chi connectivity index (χ3n) is 2.93. The highest BCUT2D eigenvalue weighted by Gasteiger charge is 2.23. The third-order valence-corrected chi connectivity index (χ3v) is 3.78. The smallest absolute Gasteiger partial charge is 0.169 e. The lowest BCUT2D eigenvalue weighted by Crippen LogP contribution is -2.22. The first-order chi connectivity index (χ1) is 9.79. The van der Waals surface area contributed by atoms with Crippen molar-refractivity contribution < 1.29 is 4.74 Å². The molecule has 114 valence electrons. The molecule has 0 saturated heterocycles. The maximum absolute atomic E-state index is 5.90. The first kappa shape index (κ1) is 16.1. The second-order valence-electron chi connectivity index (χ2n) is 5.72. The molecule has 7 heteroatoms. The Morgan fingerprint density at radius 1 is 1.38 bits per heavy atom. The zero-order valence-corrected chi connectivity index (χ0v) is 14.6. The molecule has 0 atom stereocenters. The van der Waals surface area contributed by atoms with Gasteiger partial charge in [-0.1, -0.05) is 37.6 Å². The van der Waals surface area contributed by atoms with Crippen molar-refractivity contribution in [1.82, 2.24) is 15.0 Å². The molecule has 2 rings (SSSR count). The van der Waals surface area contributed by atoms with Crippen LogP contribution in [0.1, 0.15) is 26.5 Å². The summed E-state index contributed by atoms with van der Waals surface area (Å²) in [7, 11) is 0. The van der Waals surface area contributed by atoms with E-state index in [2.05, 4.69) is 47.0 Å². The highest BCUT2D eigenvalue weighted by atomic mass is 79.9. The van der Waals surface area contributed by atoms with Gasteiger partial charge in [-0.15, -0.1) is 5.10 Å². The molecule has 0 aliphatic carbocycles. The van der Waals surface area contributed by atoms with E-state index in [0.29, 0.717) is 24.0 Å². The van der Waals surface area contributed by atoms with E-state index in [9.17, 15) is 0 Å². The van der Waals surface area contributed by atoms with Crippen LogP contribution >= 0.6 is 27.5 Å². The Kier molecular flexibility index (Phi) is 4.78. The zero-order chi connectivity index (χ0) is 15.6. The fraction of sp³-hybridized carbons (Fsp3) is 0.429. The molecule has 0 bridgehead atoms. The molecule has 0 saturated carbocycles. The number of anilines is 1. The summed E-state index contributed by atoms with van der Waals surface area (Å²) in [5, 5.41) is 8.69. The number of rotatable bonds is 4. The van der Waals surface area contributed by atoms with E-state index in [1.165, 1.54) is 0 Å². The van der Waals surface area contributed by atoms with E-state index < -0.39 is 0 Å². The van der Waals surface area contributed by atoms with E-state index in [1.54, 1.807) is 16.8 Å². The summed E-state index contributed by atoms with van der Waals surface area (Å²) in [6.07, 6.45) is 0. The minimum atomic E-state index is -0.117. The number of hydrogen-bond acceptors (Lipinski definition) is 4. The molecule has 2 aromatic rings. The molecule has 21 heavy (non-hydrogen) atoms. The summed E-state index contributed by atoms with van der Waals surface area (Å²) in [5.41, 5.74) is 6.69. The van der Waals surface area contributed by atoms with Crippen LogP contribution in [0.25, 0.3) is 0 Å². The Morgan fingerprint density at radius 3 is 2.71 bits per heavy atom. The van der Waals surface area contributed by atoms with Gasteiger partial charge in [0.25, 0.3) is 0 Å². The van der Waals surface area contributed by atoms with Gasteiger partial charge in [-0.3, -0.25) is 0 Å². The first-order valence-corrected chi connectivity index (χ1v) is 7.73. The van der Waals surface area contributed by atoms with Crippen molar-refractivity contribution in [3.05, 3.63) is 33.4 Å². The average Bonchev–Trinajstić information content (AvgIpc) is 2.73. The molecule has 0 spiro atoms. The minimum Gasteiger partial charge on any atom is -0.490 e. The van der Waals surface area contributed by atoms with Crippen LogP contribution in [0, 0.1) is 0 Å². The largest absolute Gasteiger partial charge is 0.490 e. The van der Waals surface area contributed by atoms with E-state index in [-0.39, 0.29) is 5.41 Å². The molecule has 0 aliphatic heterocycles. The molecular weight excluding hydrogens is 356 g/mol. The molecule has 1 aromatic carbocycles. The predicted molar refractivity (Wildman–Crippen MR) is 87.8 cm³/mol. The average molecular weight is 374 g/mol. The van der Waals surface area contributed by atoms with Crippen LogP contribution in [0.5, 0.6) is 5.75 Å². The van der Waals surface area contributed by atoms with Gasteiger partial charge in [0, 0.05) is 10.4 Å². The third kappa shape index (κ3) is 3.89. The Hall–Kier alpha value is -1.27. The highest BCUT2D eigenvalue weighted by molar-refractivity contribution is 9.10. The molecule has 0 radical (unpaired) electrons. The summed E-state index contributed by atoms with van der Waals surface area (Å²) < 4.78 is 8.35. The highest BCUT2D eigenvalue weighted by Crippen LogP contribution is 2.28. The number of nitrogens with two attached hydrogens (primary N) is 1. The van der Waals surface area contributed by atoms with E-state index in [1.807, 2.05) is 6.07 Å². The Morgan fingerprint density at radius 2 is 2.10 bits per heavy atom. The topological polar surface area (TPSA) is 66.0 Å². The van der Waals surface area contributed by atoms with Gasteiger partial charge < -0.3 is 10.5 Å². The lowest BCUT2D eigenvalue weighted by Gasteiger charge is -2.20. The SMILES string of the molecule is CC(C)(C)c1c(N)nnn1CCOc1ccc(Cl)cc1Br. The number of nitrogen functional groups attached to an aromatic ring is 1.